The minimum atomic E-state index is 0.469. The molecule has 0 atom stereocenters. The van der Waals surface area contributed by atoms with Crippen molar-refractivity contribution in [2.45, 2.75) is 6.92 Å². The van der Waals surface area contributed by atoms with E-state index < -0.39 is 0 Å². The van der Waals surface area contributed by atoms with Crippen LogP contribution >= 0.6 is 11.6 Å². The number of aromatic amines is 1. The summed E-state index contributed by atoms with van der Waals surface area (Å²) in [7, 11) is 0. The van der Waals surface area contributed by atoms with Gasteiger partial charge in [0.25, 0.3) is 0 Å². The number of aromatic nitrogens is 3. The summed E-state index contributed by atoms with van der Waals surface area (Å²) >= 11 is 6.16. The summed E-state index contributed by atoms with van der Waals surface area (Å²) in [6, 6.07) is 8.10. The molecule has 0 saturated heterocycles. The highest BCUT2D eigenvalue weighted by atomic mass is 35.5. The van der Waals surface area contributed by atoms with Crippen LogP contribution in [0.4, 0.5) is 0 Å². The zero-order valence-corrected chi connectivity index (χ0v) is 9.99. The van der Waals surface area contributed by atoms with Gasteiger partial charge in [0.05, 0.1) is 11.1 Å². The van der Waals surface area contributed by atoms with E-state index in [1.807, 2.05) is 18.2 Å². The topological polar surface area (TPSA) is 41.6 Å². The van der Waals surface area contributed by atoms with Gasteiger partial charge in [-0.05, 0) is 25.1 Å². The van der Waals surface area contributed by atoms with Gasteiger partial charge in [0.15, 0.2) is 0 Å². The second kappa shape index (κ2) is 3.86. The zero-order chi connectivity index (χ0) is 11.8. The van der Waals surface area contributed by atoms with E-state index in [0.29, 0.717) is 5.15 Å². The maximum absolute atomic E-state index is 6.16. The molecule has 1 N–H and O–H groups in total. The summed E-state index contributed by atoms with van der Waals surface area (Å²) in [4.78, 5) is 11.6. The number of hydrogen-bond acceptors (Lipinski definition) is 2. The van der Waals surface area contributed by atoms with Gasteiger partial charge >= 0.3 is 0 Å². The molecule has 4 heteroatoms. The lowest BCUT2D eigenvalue weighted by Gasteiger charge is -2.04. The van der Waals surface area contributed by atoms with Crippen LogP contribution in [0, 0.1) is 6.92 Å². The zero-order valence-electron chi connectivity index (χ0n) is 9.24. The Hall–Kier alpha value is -1.87. The van der Waals surface area contributed by atoms with E-state index in [9.17, 15) is 0 Å². The maximum Gasteiger partial charge on any atom is 0.140 e. The highest BCUT2D eigenvalue weighted by molar-refractivity contribution is 6.32. The van der Waals surface area contributed by atoms with E-state index in [4.69, 9.17) is 11.6 Å². The molecule has 1 aromatic carbocycles. The molecule has 0 amide bonds. The van der Waals surface area contributed by atoms with Crippen LogP contribution in [0.3, 0.4) is 0 Å². The van der Waals surface area contributed by atoms with E-state index in [1.54, 1.807) is 12.4 Å². The number of benzene rings is 1. The molecule has 0 radical (unpaired) electrons. The normalized spacial score (nSPS) is 10.9. The molecule has 0 bridgehead atoms. The number of aryl methyl sites for hydroxylation is 1. The molecular weight excluding hydrogens is 234 g/mol. The van der Waals surface area contributed by atoms with Gasteiger partial charge in [0.2, 0.25) is 0 Å². The molecule has 84 valence electrons. The first-order chi connectivity index (χ1) is 8.24. The third kappa shape index (κ3) is 1.78. The molecule has 3 nitrogen and oxygen atoms in total. The van der Waals surface area contributed by atoms with Gasteiger partial charge in [-0.3, -0.25) is 0 Å². The van der Waals surface area contributed by atoms with Gasteiger partial charge in [-0.15, -0.1) is 0 Å². The van der Waals surface area contributed by atoms with Crippen molar-refractivity contribution in [1.82, 2.24) is 15.0 Å². The number of nitrogens with zero attached hydrogens (tertiary/aromatic N) is 2. The minimum Gasteiger partial charge on any atom is -0.345 e. The Labute approximate surface area is 103 Å². The first-order valence-corrected chi connectivity index (χ1v) is 5.68. The Morgan fingerprint density at radius 1 is 1.24 bits per heavy atom. The molecular formula is C13H10ClN3. The summed E-state index contributed by atoms with van der Waals surface area (Å²) in [5.74, 6) is 0.742. The molecule has 2 aromatic heterocycles. The second-order valence-corrected chi connectivity index (χ2v) is 4.32. The van der Waals surface area contributed by atoms with Crippen LogP contribution in [0.1, 0.15) is 5.56 Å². The van der Waals surface area contributed by atoms with E-state index >= 15 is 0 Å². The van der Waals surface area contributed by atoms with Gasteiger partial charge in [-0.1, -0.05) is 23.2 Å². The summed E-state index contributed by atoms with van der Waals surface area (Å²) in [6.45, 7) is 2.06. The average Bonchev–Trinajstić information content (AvgIpc) is 2.82. The molecule has 0 saturated carbocycles. The fraction of sp³-hybridized carbons (Fsp3) is 0.0769. The molecule has 0 unspecified atom stereocenters. The van der Waals surface area contributed by atoms with Crippen LogP contribution in [0.15, 0.2) is 36.7 Å². The summed E-state index contributed by atoms with van der Waals surface area (Å²) in [5, 5.41) is 1.54. The van der Waals surface area contributed by atoms with Crippen LogP contribution in [0.2, 0.25) is 5.15 Å². The van der Waals surface area contributed by atoms with Crippen molar-refractivity contribution in [3.8, 4) is 11.4 Å². The maximum atomic E-state index is 6.16. The van der Waals surface area contributed by atoms with Crippen LogP contribution in [0.5, 0.6) is 0 Å². The van der Waals surface area contributed by atoms with Crippen molar-refractivity contribution in [2.24, 2.45) is 0 Å². The number of halogens is 1. The Morgan fingerprint density at radius 2 is 2.12 bits per heavy atom. The van der Waals surface area contributed by atoms with Gasteiger partial charge in [-0.2, -0.15) is 0 Å². The smallest absolute Gasteiger partial charge is 0.140 e. The molecule has 3 rings (SSSR count). The van der Waals surface area contributed by atoms with Crippen LogP contribution in [-0.2, 0) is 0 Å². The Bertz CT molecular complexity index is 674. The van der Waals surface area contributed by atoms with Crippen molar-refractivity contribution in [3.05, 3.63) is 47.4 Å². The van der Waals surface area contributed by atoms with Crippen molar-refractivity contribution in [3.63, 3.8) is 0 Å². The SMILES string of the molecule is Cc1ccc2nc(Cl)c(-c3ncc[nH]3)cc2c1. The minimum absolute atomic E-state index is 0.469. The fourth-order valence-corrected chi connectivity index (χ4v) is 2.09. The Balaban J connectivity index is 2.29. The lowest BCUT2D eigenvalue weighted by Crippen LogP contribution is -1.88. The largest absolute Gasteiger partial charge is 0.345 e. The lowest BCUT2D eigenvalue weighted by molar-refractivity contribution is 1.29. The third-order valence-electron chi connectivity index (χ3n) is 2.68. The summed E-state index contributed by atoms with van der Waals surface area (Å²) < 4.78 is 0. The van der Waals surface area contributed by atoms with Gasteiger partial charge in [-0.25, -0.2) is 9.97 Å². The number of nitrogens with one attached hydrogen (secondary N) is 1. The van der Waals surface area contributed by atoms with Crippen molar-refractivity contribution in [1.29, 1.82) is 0 Å². The molecule has 2 heterocycles. The predicted molar refractivity (Wildman–Crippen MR) is 69.1 cm³/mol. The molecule has 3 aromatic rings. The van der Waals surface area contributed by atoms with E-state index in [-0.39, 0.29) is 0 Å². The van der Waals surface area contributed by atoms with Crippen LogP contribution in [0.25, 0.3) is 22.3 Å². The van der Waals surface area contributed by atoms with Crippen molar-refractivity contribution >= 4 is 22.5 Å². The molecule has 0 aliphatic carbocycles. The molecule has 0 spiro atoms. The highest BCUT2D eigenvalue weighted by Gasteiger charge is 2.08. The van der Waals surface area contributed by atoms with Crippen LogP contribution < -0.4 is 0 Å². The van der Waals surface area contributed by atoms with Crippen molar-refractivity contribution in [2.75, 3.05) is 0 Å². The molecule has 0 aliphatic heterocycles. The van der Waals surface area contributed by atoms with E-state index in [2.05, 4.69) is 27.9 Å². The number of pyridine rings is 1. The quantitative estimate of drug-likeness (QED) is 0.664. The predicted octanol–water partition coefficient (Wildman–Crippen LogP) is 3.59. The lowest BCUT2D eigenvalue weighted by atomic mass is 10.1. The van der Waals surface area contributed by atoms with Gasteiger partial charge in [0, 0.05) is 17.8 Å². The molecule has 0 aliphatic rings. The monoisotopic (exact) mass is 243 g/mol. The van der Waals surface area contributed by atoms with Crippen molar-refractivity contribution < 1.29 is 0 Å². The number of fused-ring (bicyclic) bond motifs is 1. The summed E-state index contributed by atoms with van der Waals surface area (Å²) in [5.41, 5.74) is 2.93. The Morgan fingerprint density at radius 3 is 2.88 bits per heavy atom. The average molecular weight is 244 g/mol. The number of H-pyrrole nitrogens is 1. The first kappa shape index (κ1) is 10.3. The fourth-order valence-electron chi connectivity index (χ4n) is 1.85. The number of rotatable bonds is 1. The summed E-state index contributed by atoms with van der Waals surface area (Å²) in [6.07, 6.45) is 3.47. The standard InChI is InChI=1S/C13H10ClN3/c1-8-2-3-11-9(6-8)7-10(12(14)17-11)13-15-4-5-16-13/h2-7H,1H3,(H,15,16). The van der Waals surface area contributed by atoms with Gasteiger partial charge < -0.3 is 4.98 Å². The number of hydrogen-bond donors (Lipinski definition) is 1. The third-order valence-corrected chi connectivity index (χ3v) is 2.97. The van der Waals surface area contributed by atoms with E-state index in [1.165, 1.54) is 5.56 Å². The molecule has 17 heavy (non-hydrogen) atoms. The van der Waals surface area contributed by atoms with Crippen LogP contribution in [-0.4, -0.2) is 15.0 Å². The van der Waals surface area contributed by atoms with E-state index in [0.717, 1.165) is 22.3 Å². The Kier molecular flexibility index (Phi) is 2.34. The number of imidazole rings is 1. The first-order valence-electron chi connectivity index (χ1n) is 5.31. The molecule has 0 fully saturated rings. The highest BCUT2D eigenvalue weighted by Crippen LogP contribution is 2.27. The van der Waals surface area contributed by atoms with Gasteiger partial charge in [0.1, 0.15) is 11.0 Å². The second-order valence-electron chi connectivity index (χ2n) is 3.96.